The third-order valence-corrected chi connectivity index (χ3v) is 3.66. The number of hydrogen-bond donors (Lipinski definition) is 1. The minimum absolute atomic E-state index is 0.110. The van der Waals surface area contributed by atoms with Crippen molar-refractivity contribution in [1.29, 1.82) is 0 Å². The lowest BCUT2D eigenvalue weighted by atomic mass is 10.1. The molecule has 2 heterocycles. The molecule has 0 radical (unpaired) electrons. The number of aliphatic imine (C=N–C) groups is 1. The van der Waals surface area contributed by atoms with Gasteiger partial charge in [0.25, 0.3) is 0 Å². The largest absolute Gasteiger partial charge is 0.497 e. The van der Waals surface area contributed by atoms with Gasteiger partial charge in [0.15, 0.2) is 0 Å². The fraction of sp³-hybridized carbons (Fsp3) is 0.312. The molecule has 0 saturated carbocycles. The highest BCUT2D eigenvalue weighted by molar-refractivity contribution is 6.18. The van der Waals surface area contributed by atoms with Crippen molar-refractivity contribution in [2.45, 2.75) is 20.4 Å². The Morgan fingerprint density at radius 3 is 2.68 bits per heavy atom. The molecular weight excluding hydrogens is 280 g/mol. The zero-order valence-electron chi connectivity index (χ0n) is 12.9. The number of nitrogens with zero attached hydrogens (tertiary/aromatic N) is 3. The van der Waals surface area contributed by atoms with Crippen molar-refractivity contribution < 1.29 is 9.53 Å². The molecule has 22 heavy (non-hydrogen) atoms. The van der Waals surface area contributed by atoms with Gasteiger partial charge in [-0.15, -0.1) is 0 Å². The molecule has 6 heteroatoms. The summed E-state index contributed by atoms with van der Waals surface area (Å²) in [7, 11) is 1.63. The first-order valence-corrected chi connectivity index (χ1v) is 7.20. The van der Waals surface area contributed by atoms with Gasteiger partial charge < -0.3 is 10.1 Å². The van der Waals surface area contributed by atoms with E-state index in [1.54, 1.807) is 7.11 Å². The van der Waals surface area contributed by atoms with E-state index in [2.05, 4.69) is 15.4 Å². The van der Waals surface area contributed by atoms with E-state index in [-0.39, 0.29) is 12.5 Å². The van der Waals surface area contributed by atoms with Gasteiger partial charge in [0.2, 0.25) is 5.91 Å². The van der Waals surface area contributed by atoms with Crippen LogP contribution in [-0.4, -0.2) is 35.1 Å². The Bertz CT molecular complexity index is 744. The third-order valence-electron chi connectivity index (χ3n) is 3.66. The van der Waals surface area contributed by atoms with Crippen LogP contribution in [0, 0.1) is 6.92 Å². The predicted molar refractivity (Wildman–Crippen MR) is 84.8 cm³/mol. The van der Waals surface area contributed by atoms with E-state index >= 15 is 0 Å². The first-order chi connectivity index (χ1) is 10.6. The van der Waals surface area contributed by atoms with Crippen LogP contribution in [0.2, 0.25) is 0 Å². The molecule has 0 saturated heterocycles. The molecule has 0 bridgehead atoms. The number of hydrogen-bond acceptors (Lipinski definition) is 4. The number of amides is 1. The van der Waals surface area contributed by atoms with Crippen molar-refractivity contribution in [3.05, 3.63) is 41.2 Å². The fourth-order valence-electron chi connectivity index (χ4n) is 2.58. The lowest BCUT2D eigenvalue weighted by Crippen LogP contribution is -2.13. The summed E-state index contributed by atoms with van der Waals surface area (Å²) < 4.78 is 7.07. The highest BCUT2D eigenvalue weighted by Crippen LogP contribution is 2.26. The molecule has 2 aromatic rings. The Balaban J connectivity index is 2.16. The number of benzene rings is 1. The maximum atomic E-state index is 11.9. The molecule has 0 aliphatic carbocycles. The number of methoxy groups -OCH3 is 1. The molecule has 0 unspecified atom stereocenters. The topological polar surface area (TPSA) is 68.5 Å². The molecule has 6 nitrogen and oxygen atoms in total. The first-order valence-electron chi connectivity index (χ1n) is 7.20. The van der Waals surface area contributed by atoms with Crippen molar-refractivity contribution in [3.63, 3.8) is 0 Å². The summed E-state index contributed by atoms with van der Waals surface area (Å²) in [5.74, 6) is 0.663. The van der Waals surface area contributed by atoms with Crippen LogP contribution in [0.4, 0.5) is 5.69 Å². The van der Waals surface area contributed by atoms with Crippen molar-refractivity contribution in [3.8, 4) is 5.75 Å². The van der Waals surface area contributed by atoms with E-state index in [1.807, 2.05) is 42.8 Å². The molecule has 114 valence electrons. The molecule has 0 atom stereocenters. The summed E-state index contributed by atoms with van der Waals surface area (Å²) in [6, 6.07) is 7.66. The summed E-state index contributed by atoms with van der Waals surface area (Å²) in [5.41, 5.74) is 4.12. The fourth-order valence-corrected chi connectivity index (χ4v) is 2.58. The van der Waals surface area contributed by atoms with Gasteiger partial charge in [-0.25, -0.2) is 0 Å². The Morgan fingerprint density at radius 2 is 2.05 bits per heavy atom. The second-order valence-electron chi connectivity index (χ2n) is 5.07. The molecule has 3 rings (SSSR count). The Labute approximate surface area is 128 Å². The quantitative estimate of drug-likeness (QED) is 0.942. The Kier molecular flexibility index (Phi) is 3.66. The molecule has 0 spiro atoms. The zero-order chi connectivity index (χ0) is 15.7. The van der Waals surface area contributed by atoms with Gasteiger partial charge in [-0.05, 0) is 38.1 Å². The monoisotopic (exact) mass is 298 g/mol. The van der Waals surface area contributed by atoms with E-state index in [0.29, 0.717) is 6.54 Å². The standard InChI is InChI=1S/C16H18N4O2/c1-4-20-16-14(10(2)19-20)18-13(21)9-17-15(16)11-5-7-12(22-3)8-6-11/h5-8H,4,9H2,1-3H3,(H,18,21). The number of fused-ring (bicyclic) bond motifs is 1. The number of nitrogens with one attached hydrogen (secondary N) is 1. The number of aryl methyl sites for hydroxylation is 2. The normalized spacial score (nSPS) is 14.0. The Hall–Kier alpha value is -2.63. The number of carbonyl (C=O) groups is 1. The minimum Gasteiger partial charge on any atom is -0.497 e. The lowest BCUT2D eigenvalue weighted by molar-refractivity contribution is -0.114. The molecule has 1 aromatic carbocycles. The van der Waals surface area contributed by atoms with Gasteiger partial charge in [-0.2, -0.15) is 5.10 Å². The second-order valence-corrected chi connectivity index (χ2v) is 5.07. The predicted octanol–water partition coefficient (Wildman–Crippen LogP) is 2.01. The van der Waals surface area contributed by atoms with Gasteiger partial charge in [-0.3, -0.25) is 14.5 Å². The molecular formula is C16H18N4O2. The van der Waals surface area contributed by atoms with Crippen molar-refractivity contribution in [2.24, 2.45) is 4.99 Å². The number of rotatable bonds is 3. The summed E-state index contributed by atoms with van der Waals surface area (Å²) in [6.45, 7) is 4.73. The summed E-state index contributed by atoms with van der Waals surface area (Å²) in [6.07, 6.45) is 0. The number of ether oxygens (including phenoxy) is 1. The van der Waals surface area contributed by atoms with Gasteiger partial charge in [-0.1, -0.05) is 0 Å². The Morgan fingerprint density at radius 1 is 1.32 bits per heavy atom. The van der Waals surface area contributed by atoms with Crippen molar-refractivity contribution >= 4 is 17.3 Å². The average Bonchev–Trinajstić information content (AvgIpc) is 2.74. The maximum Gasteiger partial charge on any atom is 0.246 e. The molecule has 1 aliphatic heterocycles. The highest BCUT2D eigenvalue weighted by atomic mass is 16.5. The lowest BCUT2D eigenvalue weighted by Gasteiger charge is -2.10. The summed E-state index contributed by atoms with van der Waals surface area (Å²) in [4.78, 5) is 16.4. The second kappa shape index (κ2) is 5.63. The minimum atomic E-state index is -0.122. The van der Waals surface area contributed by atoms with Crippen LogP contribution in [0.3, 0.4) is 0 Å². The molecule has 1 aliphatic rings. The number of aromatic nitrogens is 2. The van der Waals surface area contributed by atoms with Crippen LogP contribution >= 0.6 is 0 Å². The van der Waals surface area contributed by atoms with Gasteiger partial charge in [0, 0.05) is 12.1 Å². The van der Waals surface area contributed by atoms with Gasteiger partial charge in [0.05, 0.1) is 24.2 Å². The van der Waals surface area contributed by atoms with Crippen LogP contribution in [0.5, 0.6) is 5.75 Å². The van der Waals surface area contributed by atoms with E-state index in [1.165, 1.54) is 0 Å². The smallest absolute Gasteiger partial charge is 0.246 e. The van der Waals surface area contributed by atoms with Crippen molar-refractivity contribution in [1.82, 2.24) is 9.78 Å². The zero-order valence-corrected chi connectivity index (χ0v) is 12.9. The summed E-state index contributed by atoms with van der Waals surface area (Å²) in [5, 5.41) is 7.40. The summed E-state index contributed by atoms with van der Waals surface area (Å²) >= 11 is 0. The van der Waals surface area contributed by atoms with Crippen LogP contribution < -0.4 is 10.1 Å². The van der Waals surface area contributed by atoms with E-state index in [9.17, 15) is 4.79 Å². The van der Waals surface area contributed by atoms with Crippen LogP contribution in [-0.2, 0) is 11.3 Å². The highest BCUT2D eigenvalue weighted by Gasteiger charge is 2.24. The molecule has 1 amide bonds. The van der Waals surface area contributed by atoms with Crippen LogP contribution in [0.25, 0.3) is 0 Å². The van der Waals surface area contributed by atoms with Crippen molar-refractivity contribution in [2.75, 3.05) is 19.0 Å². The SMILES string of the molecule is CCn1nc(C)c2c1C(c1ccc(OC)cc1)=NCC(=O)N2. The number of anilines is 1. The first kappa shape index (κ1) is 14.3. The third kappa shape index (κ3) is 2.36. The molecule has 0 fully saturated rings. The van der Waals surface area contributed by atoms with Crippen LogP contribution in [0.1, 0.15) is 23.9 Å². The molecule has 1 aromatic heterocycles. The van der Waals surface area contributed by atoms with E-state index in [0.717, 1.165) is 34.1 Å². The number of carbonyl (C=O) groups excluding carboxylic acids is 1. The maximum absolute atomic E-state index is 11.9. The van der Waals surface area contributed by atoms with Crippen LogP contribution in [0.15, 0.2) is 29.3 Å². The van der Waals surface area contributed by atoms with E-state index in [4.69, 9.17) is 4.74 Å². The van der Waals surface area contributed by atoms with E-state index < -0.39 is 0 Å². The average molecular weight is 298 g/mol. The molecule has 1 N–H and O–H groups in total. The van der Waals surface area contributed by atoms with Gasteiger partial charge >= 0.3 is 0 Å². The van der Waals surface area contributed by atoms with Gasteiger partial charge in [0.1, 0.15) is 18.0 Å².